The average Bonchev–Trinajstić information content (AvgIpc) is 3.21. The number of hydrazine groups is 1. The zero-order valence-corrected chi connectivity index (χ0v) is 15.9. The van der Waals surface area contributed by atoms with Crippen LogP contribution < -0.4 is 10.4 Å². The van der Waals surface area contributed by atoms with Crippen molar-refractivity contribution >= 4 is 17.4 Å². The number of carbonyl (C=O) groups is 1. The number of aliphatic imine (C=N–C) groups is 1. The third-order valence-corrected chi connectivity index (χ3v) is 5.63. The number of aromatic nitrogens is 3. The Morgan fingerprint density at radius 3 is 2.59 bits per heavy atom. The van der Waals surface area contributed by atoms with E-state index in [1.807, 2.05) is 42.5 Å². The number of benzene rings is 1. The van der Waals surface area contributed by atoms with E-state index in [1.165, 1.54) is 5.01 Å². The zero-order valence-electron chi connectivity index (χ0n) is 15.9. The molecule has 0 spiro atoms. The number of pyridine rings is 1. The van der Waals surface area contributed by atoms with Crippen LogP contribution in [0, 0.1) is 0 Å². The Kier molecular flexibility index (Phi) is 4.12. The van der Waals surface area contributed by atoms with Crippen molar-refractivity contribution in [2.45, 2.75) is 37.6 Å². The molecule has 1 unspecified atom stereocenters. The monoisotopic (exact) mass is 388 g/mol. The van der Waals surface area contributed by atoms with E-state index in [1.54, 1.807) is 19.3 Å². The molecule has 0 saturated heterocycles. The molecule has 29 heavy (non-hydrogen) atoms. The van der Waals surface area contributed by atoms with Crippen molar-refractivity contribution in [3.05, 3.63) is 72.1 Å². The van der Waals surface area contributed by atoms with E-state index in [2.05, 4.69) is 25.5 Å². The van der Waals surface area contributed by atoms with Crippen LogP contribution in [0.25, 0.3) is 0 Å². The fraction of sp³-hybridized carbons (Fsp3) is 0.286. The highest BCUT2D eigenvalue weighted by Gasteiger charge is 2.45. The minimum Gasteiger partial charge on any atom is -0.330 e. The van der Waals surface area contributed by atoms with Crippen molar-refractivity contribution in [3.8, 4) is 0 Å². The quantitative estimate of drug-likeness (QED) is 0.738. The molecule has 1 N–H and O–H groups in total. The highest BCUT2D eigenvalue weighted by Crippen LogP contribution is 2.47. The maximum absolute atomic E-state index is 12.6. The van der Waals surface area contributed by atoms with Crippen LogP contribution in [0.4, 0.5) is 5.69 Å². The molecule has 8 nitrogen and oxygen atoms in total. The summed E-state index contributed by atoms with van der Waals surface area (Å²) in [7, 11) is 0. The van der Waals surface area contributed by atoms with Gasteiger partial charge in [0.25, 0.3) is 11.8 Å². The average molecular weight is 388 g/mol. The number of amides is 1. The summed E-state index contributed by atoms with van der Waals surface area (Å²) < 4.78 is 5.57. The van der Waals surface area contributed by atoms with Crippen LogP contribution in [-0.4, -0.2) is 32.9 Å². The summed E-state index contributed by atoms with van der Waals surface area (Å²) in [6.07, 6.45) is 6.60. The lowest BCUT2D eigenvalue weighted by molar-refractivity contribution is -0.120. The third kappa shape index (κ3) is 2.88. The first-order chi connectivity index (χ1) is 14.2. The lowest BCUT2D eigenvalue weighted by Crippen LogP contribution is -2.54. The molecule has 0 bridgehead atoms. The number of rotatable bonds is 4. The molecule has 1 aromatic carbocycles. The van der Waals surface area contributed by atoms with Gasteiger partial charge in [-0.1, -0.05) is 29.8 Å². The second kappa shape index (κ2) is 6.80. The summed E-state index contributed by atoms with van der Waals surface area (Å²) >= 11 is 0. The van der Waals surface area contributed by atoms with Gasteiger partial charge in [0.1, 0.15) is 6.04 Å². The fourth-order valence-corrected chi connectivity index (χ4v) is 3.85. The first-order valence-electron chi connectivity index (χ1n) is 9.66. The number of carbonyl (C=O) groups excluding carboxylic acids is 1. The Hall–Kier alpha value is -3.55. The molecule has 5 rings (SSSR count). The van der Waals surface area contributed by atoms with Crippen LogP contribution in [0.3, 0.4) is 0 Å². The Morgan fingerprint density at radius 1 is 1.14 bits per heavy atom. The molecule has 1 saturated carbocycles. The number of amidine groups is 1. The van der Waals surface area contributed by atoms with E-state index in [9.17, 15) is 4.79 Å². The van der Waals surface area contributed by atoms with Crippen molar-refractivity contribution in [2.24, 2.45) is 4.99 Å². The molecular formula is C21H20N6O2. The maximum Gasteiger partial charge on any atom is 0.294 e. The second-order valence-electron chi connectivity index (χ2n) is 7.37. The molecule has 3 aromatic rings. The summed E-state index contributed by atoms with van der Waals surface area (Å²) in [5.74, 6) is 1.17. The number of anilines is 1. The van der Waals surface area contributed by atoms with Crippen LogP contribution >= 0.6 is 0 Å². The van der Waals surface area contributed by atoms with Crippen molar-refractivity contribution in [3.63, 3.8) is 0 Å². The molecule has 2 aliphatic rings. The molecule has 0 radical (unpaired) electrons. The topological polar surface area (TPSA) is 96.5 Å². The SMILES string of the molecule is CC1N=C(c2nc(C3(c4ccncc4)CCC3)no2)NN(c2ccccc2)C1=O. The third-order valence-electron chi connectivity index (χ3n) is 5.63. The van der Waals surface area contributed by atoms with Gasteiger partial charge < -0.3 is 4.52 Å². The second-order valence-corrected chi connectivity index (χ2v) is 7.37. The van der Waals surface area contributed by atoms with Crippen molar-refractivity contribution < 1.29 is 9.32 Å². The Bertz CT molecular complexity index is 1060. The Balaban J connectivity index is 1.47. The summed E-state index contributed by atoms with van der Waals surface area (Å²) in [4.78, 5) is 25.8. The fourth-order valence-electron chi connectivity index (χ4n) is 3.85. The predicted molar refractivity (Wildman–Crippen MR) is 106 cm³/mol. The highest BCUT2D eigenvalue weighted by atomic mass is 16.5. The zero-order chi connectivity index (χ0) is 19.8. The van der Waals surface area contributed by atoms with Gasteiger partial charge in [0, 0.05) is 12.4 Å². The first-order valence-corrected chi connectivity index (χ1v) is 9.66. The van der Waals surface area contributed by atoms with Gasteiger partial charge in [0.05, 0.1) is 11.1 Å². The van der Waals surface area contributed by atoms with E-state index in [0.29, 0.717) is 11.7 Å². The highest BCUT2D eigenvalue weighted by molar-refractivity contribution is 6.08. The lowest BCUT2D eigenvalue weighted by Gasteiger charge is -2.39. The van der Waals surface area contributed by atoms with E-state index >= 15 is 0 Å². The smallest absolute Gasteiger partial charge is 0.294 e. The number of nitrogens with zero attached hydrogens (tertiary/aromatic N) is 5. The number of hydrogen-bond acceptors (Lipinski definition) is 7. The van der Waals surface area contributed by atoms with Gasteiger partial charge in [0.15, 0.2) is 5.82 Å². The first kappa shape index (κ1) is 17.5. The van der Waals surface area contributed by atoms with Crippen LogP contribution in [0.5, 0.6) is 0 Å². The van der Waals surface area contributed by atoms with Gasteiger partial charge in [0.2, 0.25) is 5.84 Å². The Labute approximate surface area is 167 Å². The van der Waals surface area contributed by atoms with Crippen molar-refractivity contribution in [1.29, 1.82) is 0 Å². The van der Waals surface area contributed by atoms with E-state index in [4.69, 9.17) is 4.52 Å². The number of nitrogens with one attached hydrogen (secondary N) is 1. The molecule has 1 amide bonds. The van der Waals surface area contributed by atoms with Crippen LogP contribution in [0.15, 0.2) is 64.4 Å². The molecule has 1 aliphatic heterocycles. The molecule has 8 heteroatoms. The molecule has 146 valence electrons. The predicted octanol–water partition coefficient (Wildman–Crippen LogP) is 2.62. The van der Waals surface area contributed by atoms with Crippen LogP contribution in [-0.2, 0) is 10.2 Å². The van der Waals surface area contributed by atoms with Gasteiger partial charge in [-0.05, 0) is 49.6 Å². The number of para-hydroxylation sites is 1. The van der Waals surface area contributed by atoms with Crippen LogP contribution in [0.1, 0.15) is 43.5 Å². The minimum absolute atomic E-state index is 0.146. The van der Waals surface area contributed by atoms with Gasteiger partial charge in [-0.2, -0.15) is 4.98 Å². The Morgan fingerprint density at radius 2 is 1.90 bits per heavy atom. The summed E-state index contributed by atoms with van der Waals surface area (Å²) in [6, 6.07) is 12.8. The molecule has 1 atom stereocenters. The van der Waals surface area contributed by atoms with Gasteiger partial charge >= 0.3 is 0 Å². The standard InChI is InChI=1S/C21H20N6O2/c1-14-19(28)27(16-6-3-2-4-7-16)25-17(23-14)18-24-20(26-29-18)21(10-5-11-21)15-8-12-22-13-9-15/h2-4,6-9,12-14H,5,10-11H2,1H3,(H,23,25). The van der Waals surface area contributed by atoms with Crippen molar-refractivity contribution in [2.75, 3.05) is 5.01 Å². The molecule has 1 aliphatic carbocycles. The minimum atomic E-state index is -0.556. The summed E-state index contributed by atoms with van der Waals surface area (Å²) in [6.45, 7) is 1.75. The van der Waals surface area contributed by atoms with Crippen LogP contribution in [0.2, 0.25) is 0 Å². The summed E-state index contributed by atoms with van der Waals surface area (Å²) in [5.41, 5.74) is 4.65. The van der Waals surface area contributed by atoms with Gasteiger partial charge in [-0.25, -0.2) is 10.0 Å². The largest absolute Gasteiger partial charge is 0.330 e. The molecule has 3 heterocycles. The van der Waals surface area contributed by atoms with E-state index in [-0.39, 0.29) is 17.2 Å². The molecular weight excluding hydrogens is 368 g/mol. The normalized spacial score (nSPS) is 20.6. The van der Waals surface area contributed by atoms with E-state index in [0.717, 1.165) is 30.5 Å². The molecule has 2 aromatic heterocycles. The van der Waals surface area contributed by atoms with Gasteiger partial charge in [-0.15, -0.1) is 0 Å². The molecule has 1 fully saturated rings. The van der Waals surface area contributed by atoms with E-state index < -0.39 is 6.04 Å². The number of hydrogen-bond donors (Lipinski definition) is 1. The summed E-state index contributed by atoms with van der Waals surface area (Å²) in [5, 5.41) is 5.74. The maximum atomic E-state index is 12.6. The van der Waals surface area contributed by atoms with Gasteiger partial charge in [-0.3, -0.25) is 15.2 Å². The lowest BCUT2D eigenvalue weighted by atomic mass is 9.64. The van der Waals surface area contributed by atoms with Crippen molar-refractivity contribution in [1.82, 2.24) is 20.6 Å².